The number of aryl methyl sites for hydroxylation is 1. The van der Waals surface area contributed by atoms with Crippen LogP contribution in [-0.4, -0.2) is 60.2 Å². The molecule has 1 heterocycles. The smallest absolute Gasteiger partial charge is 0.254 e. The largest absolute Gasteiger partial charge is 0.507 e. The highest BCUT2D eigenvalue weighted by atomic mass is 79.9. The van der Waals surface area contributed by atoms with Gasteiger partial charge in [0.05, 0.1) is 18.7 Å². The fraction of sp³-hybridized carbons (Fsp3) is 0.448. The van der Waals surface area contributed by atoms with E-state index in [4.69, 9.17) is 10.1 Å². The molecule has 2 amide bonds. The highest BCUT2D eigenvalue weighted by Crippen LogP contribution is 2.36. The maximum absolute atomic E-state index is 13.5. The van der Waals surface area contributed by atoms with Crippen LogP contribution in [-0.2, 0) is 23.2 Å². The van der Waals surface area contributed by atoms with Gasteiger partial charge in [0.15, 0.2) is 5.78 Å². The Morgan fingerprint density at radius 1 is 1.13 bits per heavy atom. The molecule has 10 heteroatoms. The third-order valence-corrected chi connectivity index (χ3v) is 6.56. The molecule has 0 saturated carbocycles. The fourth-order valence-corrected chi connectivity index (χ4v) is 4.57. The minimum Gasteiger partial charge on any atom is -0.507 e. The Balaban J connectivity index is 0.00000533. The van der Waals surface area contributed by atoms with Crippen LogP contribution >= 0.6 is 17.0 Å². The van der Waals surface area contributed by atoms with Crippen molar-refractivity contribution in [2.45, 2.75) is 59.4 Å². The maximum Gasteiger partial charge on any atom is 0.254 e. The number of hydrogen-bond acceptors (Lipinski definition) is 6. The van der Waals surface area contributed by atoms with Crippen LogP contribution < -0.4 is 15.4 Å². The second kappa shape index (κ2) is 13.1. The molecule has 0 radical (unpaired) electrons. The summed E-state index contributed by atoms with van der Waals surface area (Å²) in [6.45, 7) is 10.8. The Hall–Kier alpha value is -3.40. The summed E-state index contributed by atoms with van der Waals surface area (Å²) in [5.74, 6) is 0.0718. The summed E-state index contributed by atoms with van der Waals surface area (Å²) in [5.41, 5.74) is 2.91. The van der Waals surface area contributed by atoms with Crippen LogP contribution in [0.3, 0.4) is 0 Å². The molecule has 0 bridgehead atoms. The van der Waals surface area contributed by atoms with Gasteiger partial charge >= 0.3 is 0 Å². The van der Waals surface area contributed by atoms with Crippen LogP contribution in [0.15, 0.2) is 24.3 Å². The lowest BCUT2D eigenvalue weighted by atomic mass is 9.83. The van der Waals surface area contributed by atoms with Gasteiger partial charge in [0.25, 0.3) is 5.91 Å². The molecular formula is C29H39BrN4O5. The van der Waals surface area contributed by atoms with E-state index in [-0.39, 0.29) is 59.1 Å². The van der Waals surface area contributed by atoms with Gasteiger partial charge in [-0.25, -0.2) is 0 Å². The number of nitrogens with zero attached hydrogens (tertiary/aromatic N) is 1. The van der Waals surface area contributed by atoms with Crippen molar-refractivity contribution in [3.63, 3.8) is 0 Å². The average molecular weight is 604 g/mol. The number of amides is 2. The number of aromatic hydroxyl groups is 1. The van der Waals surface area contributed by atoms with Crippen LogP contribution in [0.4, 0.5) is 0 Å². The Kier molecular flexibility index (Phi) is 10.7. The molecule has 9 nitrogen and oxygen atoms in total. The summed E-state index contributed by atoms with van der Waals surface area (Å²) < 4.78 is 5.66. The molecule has 212 valence electrons. The zero-order valence-corrected chi connectivity index (χ0v) is 25.2. The van der Waals surface area contributed by atoms with Gasteiger partial charge in [-0.2, -0.15) is 0 Å². The number of rotatable bonds is 10. The Bertz CT molecular complexity index is 1270. The lowest BCUT2D eigenvalue weighted by Crippen LogP contribution is -2.30. The quantitative estimate of drug-likeness (QED) is 0.302. The summed E-state index contributed by atoms with van der Waals surface area (Å²) in [7, 11) is 1.54. The first-order valence-corrected chi connectivity index (χ1v) is 12.9. The zero-order valence-electron chi connectivity index (χ0n) is 23.5. The van der Waals surface area contributed by atoms with Crippen molar-refractivity contribution in [3.05, 3.63) is 57.6 Å². The number of halogens is 1. The highest BCUT2D eigenvalue weighted by molar-refractivity contribution is 8.93. The number of hydrogen-bond donors (Lipinski definition) is 4. The zero-order chi connectivity index (χ0) is 28.2. The Labute approximate surface area is 240 Å². The molecule has 0 aliphatic carbocycles. The number of carbonyl (C=O) groups is 3. The standard InChI is InChI=1S/C29H38N4O5.BrH/c1-7-32-25(35)10-9-17-11-18(12-22(26(17)36)29(3,4)5)23(34)16-33-15-19-13-24(38-8-2)21(28(37)31-6)14-20(19)27(33)30;/h11-14,30,36H,7-10,15-16H2,1-6H3,(H,31,37)(H,32,35);1H. The molecule has 0 unspecified atom stereocenters. The second-order valence-corrected chi connectivity index (χ2v) is 10.4. The molecule has 0 spiro atoms. The molecule has 0 atom stereocenters. The van der Waals surface area contributed by atoms with Gasteiger partial charge in [-0.3, -0.25) is 19.8 Å². The number of phenolic OH excluding ortho intramolecular Hbond substituents is 1. The van der Waals surface area contributed by atoms with Crippen molar-refractivity contribution in [1.29, 1.82) is 5.41 Å². The van der Waals surface area contributed by atoms with E-state index < -0.39 is 5.41 Å². The van der Waals surface area contributed by atoms with E-state index in [1.165, 1.54) is 7.05 Å². The molecule has 3 rings (SSSR count). The van der Waals surface area contributed by atoms with Crippen molar-refractivity contribution in [2.24, 2.45) is 0 Å². The van der Waals surface area contributed by atoms with Crippen LogP contribution in [0, 0.1) is 5.41 Å². The summed E-state index contributed by atoms with van der Waals surface area (Å²) in [5, 5.41) is 25.0. The van der Waals surface area contributed by atoms with Gasteiger partial charge < -0.3 is 25.4 Å². The van der Waals surface area contributed by atoms with Crippen LogP contribution in [0.25, 0.3) is 0 Å². The van der Waals surface area contributed by atoms with Gasteiger partial charge in [0, 0.05) is 43.2 Å². The maximum atomic E-state index is 13.5. The fourth-order valence-electron chi connectivity index (χ4n) is 4.57. The van der Waals surface area contributed by atoms with Crippen molar-refractivity contribution < 1.29 is 24.2 Å². The van der Waals surface area contributed by atoms with Gasteiger partial charge in [-0.15, -0.1) is 17.0 Å². The third kappa shape index (κ3) is 7.17. The van der Waals surface area contributed by atoms with Crippen LogP contribution in [0.2, 0.25) is 0 Å². The van der Waals surface area contributed by atoms with E-state index in [1.807, 2.05) is 34.6 Å². The number of ketones is 1. The summed E-state index contributed by atoms with van der Waals surface area (Å²) >= 11 is 0. The number of phenols is 1. The van der Waals surface area contributed by atoms with Crippen molar-refractivity contribution >= 4 is 40.4 Å². The van der Waals surface area contributed by atoms with Crippen LogP contribution in [0.5, 0.6) is 11.5 Å². The number of carbonyl (C=O) groups excluding carboxylic acids is 3. The topological polar surface area (TPSA) is 132 Å². The second-order valence-electron chi connectivity index (χ2n) is 10.4. The number of amidine groups is 1. The Morgan fingerprint density at radius 3 is 2.41 bits per heavy atom. The number of benzene rings is 2. The normalized spacial score (nSPS) is 12.5. The predicted octanol–water partition coefficient (Wildman–Crippen LogP) is 4.12. The first kappa shape index (κ1) is 31.8. The minimum atomic E-state index is -0.427. The van der Waals surface area contributed by atoms with Crippen molar-refractivity contribution in [1.82, 2.24) is 15.5 Å². The number of Topliss-reactive ketones (excluding diaryl/α,β-unsaturated/α-hetero) is 1. The number of ether oxygens (including phenoxy) is 1. The van der Waals surface area contributed by atoms with E-state index in [1.54, 1.807) is 29.2 Å². The first-order chi connectivity index (χ1) is 17.9. The lowest BCUT2D eigenvalue weighted by Gasteiger charge is -2.24. The molecule has 1 aliphatic heterocycles. The summed E-state index contributed by atoms with van der Waals surface area (Å²) in [4.78, 5) is 39.6. The molecular weight excluding hydrogens is 564 g/mol. The molecule has 0 saturated heterocycles. The average Bonchev–Trinajstić information content (AvgIpc) is 3.15. The van der Waals surface area contributed by atoms with Gasteiger partial charge in [-0.1, -0.05) is 20.8 Å². The van der Waals surface area contributed by atoms with Crippen LogP contribution in [0.1, 0.15) is 84.0 Å². The van der Waals surface area contributed by atoms with Crippen molar-refractivity contribution in [2.75, 3.05) is 26.7 Å². The molecule has 0 fully saturated rings. The van der Waals surface area contributed by atoms with Gasteiger partial charge in [0.2, 0.25) is 5.91 Å². The van der Waals surface area contributed by atoms with Crippen molar-refractivity contribution in [3.8, 4) is 11.5 Å². The molecule has 4 N–H and O–H groups in total. The highest BCUT2D eigenvalue weighted by Gasteiger charge is 2.30. The van der Waals surface area contributed by atoms with Gasteiger partial charge in [-0.05, 0) is 61.1 Å². The van der Waals surface area contributed by atoms with E-state index in [9.17, 15) is 19.5 Å². The third-order valence-electron chi connectivity index (χ3n) is 6.56. The van der Waals surface area contributed by atoms with E-state index >= 15 is 0 Å². The molecule has 0 aromatic heterocycles. The summed E-state index contributed by atoms with van der Waals surface area (Å²) in [6.07, 6.45) is 0.500. The Morgan fingerprint density at radius 2 is 1.82 bits per heavy atom. The summed E-state index contributed by atoms with van der Waals surface area (Å²) in [6, 6.07) is 6.76. The monoisotopic (exact) mass is 602 g/mol. The number of nitrogens with one attached hydrogen (secondary N) is 3. The van der Waals surface area contributed by atoms with E-state index in [0.717, 1.165) is 5.56 Å². The number of fused-ring (bicyclic) bond motifs is 1. The molecule has 2 aromatic rings. The van der Waals surface area contributed by atoms with E-state index in [0.29, 0.717) is 59.7 Å². The SMILES string of the molecule is Br.CCNC(=O)CCc1cc(C(=O)CN2Cc3cc(OCC)c(C(=O)NC)cc3C2=N)cc(C(C)(C)C)c1O. The minimum absolute atomic E-state index is 0. The van der Waals surface area contributed by atoms with E-state index in [2.05, 4.69) is 10.6 Å². The predicted molar refractivity (Wildman–Crippen MR) is 157 cm³/mol. The molecule has 1 aliphatic rings. The lowest BCUT2D eigenvalue weighted by molar-refractivity contribution is -0.120. The molecule has 2 aromatic carbocycles. The molecule has 39 heavy (non-hydrogen) atoms. The van der Waals surface area contributed by atoms with Gasteiger partial charge in [0.1, 0.15) is 17.3 Å². The first-order valence-electron chi connectivity index (χ1n) is 12.9.